The highest BCUT2D eigenvalue weighted by atomic mass is 19.2. The summed E-state index contributed by atoms with van der Waals surface area (Å²) in [4.78, 5) is 2.04. The normalized spacial score (nSPS) is 18.1. The molecule has 2 aromatic carbocycles. The number of benzene rings is 2. The van der Waals surface area contributed by atoms with Crippen molar-refractivity contribution in [1.82, 2.24) is 4.90 Å². The standard InChI is InChI=1S/C17H16F3NO/c1-10-16(19)13(18)7-14(17(10)20)22-15-9-21(2)8-11-5-3-4-6-12(11)15/h3-7,15H,8-9H2,1-2H3. The Morgan fingerprint density at radius 1 is 1.14 bits per heavy atom. The first kappa shape index (κ1) is 14.9. The van der Waals surface area contributed by atoms with Crippen molar-refractivity contribution in [2.45, 2.75) is 19.6 Å². The molecule has 1 heterocycles. The van der Waals surface area contributed by atoms with Crippen LogP contribution in [0.2, 0.25) is 0 Å². The van der Waals surface area contributed by atoms with Gasteiger partial charge in [-0.2, -0.15) is 0 Å². The van der Waals surface area contributed by atoms with Gasteiger partial charge in [0.05, 0.1) is 0 Å². The van der Waals surface area contributed by atoms with Gasteiger partial charge in [0.1, 0.15) is 6.10 Å². The quantitative estimate of drug-likeness (QED) is 0.778. The molecule has 0 amide bonds. The maximum Gasteiger partial charge on any atom is 0.171 e. The van der Waals surface area contributed by atoms with Gasteiger partial charge in [0.25, 0.3) is 0 Å². The third-order valence-corrected chi connectivity index (χ3v) is 3.93. The zero-order valence-corrected chi connectivity index (χ0v) is 12.4. The van der Waals surface area contributed by atoms with Gasteiger partial charge in [-0.25, -0.2) is 13.2 Å². The third-order valence-electron chi connectivity index (χ3n) is 3.93. The Morgan fingerprint density at radius 3 is 2.64 bits per heavy atom. The predicted molar refractivity (Wildman–Crippen MR) is 77.2 cm³/mol. The Hall–Kier alpha value is -2.01. The molecular formula is C17H16F3NO. The van der Waals surface area contributed by atoms with Gasteiger partial charge < -0.3 is 4.74 Å². The van der Waals surface area contributed by atoms with Gasteiger partial charge in [-0.15, -0.1) is 0 Å². The van der Waals surface area contributed by atoms with Crippen molar-refractivity contribution < 1.29 is 17.9 Å². The number of hydrogen-bond donors (Lipinski definition) is 0. The fourth-order valence-corrected chi connectivity index (χ4v) is 2.77. The summed E-state index contributed by atoms with van der Waals surface area (Å²) in [5, 5.41) is 0. The van der Waals surface area contributed by atoms with Crippen LogP contribution in [0.15, 0.2) is 30.3 Å². The van der Waals surface area contributed by atoms with Crippen LogP contribution in [0.1, 0.15) is 22.8 Å². The summed E-state index contributed by atoms with van der Waals surface area (Å²) in [7, 11) is 1.93. The summed E-state index contributed by atoms with van der Waals surface area (Å²) < 4.78 is 46.7. The number of halogens is 3. The minimum absolute atomic E-state index is 0.258. The molecule has 0 fully saturated rings. The summed E-state index contributed by atoms with van der Waals surface area (Å²) in [6.07, 6.45) is -0.422. The summed E-state index contributed by atoms with van der Waals surface area (Å²) in [6.45, 7) is 2.52. The van der Waals surface area contributed by atoms with Crippen LogP contribution in [0.25, 0.3) is 0 Å². The van der Waals surface area contributed by atoms with Crippen LogP contribution < -0.4 is 4.74 Å². The van der Waals surface area contributed by atoms with E-state index in [0.29, 0.717) is 6.54 Å². The highest BCUT2D eigenvalue weighted by Gasteiger charge is 2.26. The van der Waals surface area contributed by atoms with E-state index in [2.05, 4.69) is 0 Å². The molecule has 0 saturated carbocycles. The molecule has 1 unspecified atom stereocenters. The molecule has 2 aromatic rings. The van der Waals surface area contributed by atoms with Crippen LogP contribution in [0.3, 0.4) is 0 Å². The maximum atomic E-state index is 14.1. The van der Waals surface area contributed by atoms with Crippen LogP contribution in [0.5, 0.6) is 5.75 Å². The molecule has 0 radical (unpaired) electrons. The lowest BCUT2D eigenvalue weighted by Gasteiger charge is -2.32. The largest absolute Gasteiger partial charge is 0.481 e. The highest BCUT2D eigenvalue weighted by Crippen LogP contribution is 2.33. The zero-order chi connectivity index (χ0) is 15.9. The van der Waals surface area contributed by atoms with Gasteiger partial charge in [0, 0.05) is 24.7 Å². The van der Waals surface area contributed by atoms with Gasteiger partial charge in [-0.3, -0.25) is 4.90 Å². The molecule has 1 aliphatic heterocycles. The number of hydrogen-bond acceptors (Lipinski definition) is 2. The van der Waals surface area contributed by atoms with Crippen LogP contribution in [-0.2, 0) is 6.54 Å². The Bertz CT molecular complexity index is 717. The molecule has 2 nitrogen and oxygen atoms in total. The molecule has 0 N–H and O–H groups in total. The third kappa shape index (κ3) is 2.57. The summed E-state index contributed by atoms with van der Waals surface area (Å²) in [6, 6.07) is 8.48. The molecule has 22 heavy (non-hydrogen) atoms. The van der Waals surface area contributed by atoms with E-state index in [4.69, 9.17) is 4.74 Å². The van der Waals surface area contributed by atoms with Crippen LogP contribution in [0, 0.1) is 24.4 Å². The van der Waals surface area contributed by atoms with Crippen molar-refractivity contribution in [3.05, 3.63) is 64.5 Å². The molecule has 116 valence electrons. The van der Waals surface area contributed by atoms with Crippen LogP contribution in [-0.4, -0.2) is 18.5 Å². The minimum atomic E-state index is -1.17. The minimum Gasteiger partial charge on any atom is -0.481 e. The first-order valence-corrected chi connectivity index (χ1v) is 7.04. The molecule has 1 aliphatic rings. The number of fused-ring (bicyclic) bond motifs is 1. The van der Waals surface area contributed by atoms with Gasteiger partial charge >= 0.3 is 0 Å². The fourth-order valence-electron chi connectivity index (χ4n) is 2.77. The molecular weight excluding hydrogens is 291 g/mol. The topological polar surface area (TPSA) is 12.5 Å². The second-order valence-corrected chi connectivity index (χ2v) is 5.61. The molecule has 5 heteroatoms. The van der Waals surface area contributed by atoms with Crippen molar-refractivity contribution in [1.29, 1.82) is 0 Å². The summed E-state index contributed by atoms with van der Waals surface area (Å²) >= 11 is 0. The van der Waals surface area contributed by atoms with Crippen molar-refractivity contribution in [3.8, 4) is 5.75 Å². The molecule has 0 saturated heterocycles. The SMILES string of the molecule is Cc1c(F)c(F)cc(OC2CN(C)Cc3ccccc32)c1F. The van der Waals surface area contributed by atoms with Crippen LogP contribution >= 0.6 is 0 Å². The molecule has 3 rings (SSSR count). The van der Waals surface area contributed by atoms with Crippen molar-refractivity contribution in [3.63, 3.8) is 0 Å². The van der Waals surface area contributed by atoms with E-state index in [0.717, 1.165) is 23.7 Å². The monoisotopic (exact) mass is 307 g/mol. The van der Waals surface area contributed by atoms with Gasteiger partial charge in [-0.05, 0) is 25.1 Å². The first-order chi connectivity index (χ1) is 10.5. The average Bonchev–Trinajstić information content (AvgIpc) is 2.50. The molecule has 1 atom stereocenters. The molecule has 0 spiro atoms. The second kappa shape index (κ2) is 5.65. The fraction of sp³-hybridized carbons (Fsp3) is 0.294. The van der Waals surface area contributed by atoms with E-state index in [9.17, 15) is 13.2 Å². The van der Waals surface area contributed by atoms with E-state index >= 15 is 0 Å². The molecule has 0 bridgehead atoms. The summed E-state index contributed by atoms with van der Waals surface area (Å²) in [5.74, 6) is -3.39. The Morgan fingerprint density at radius 2 is 1.86 bits per heavy atom. The Labute approximate surface area is 127 Å². The van der Waals surface area contributed by atoms with E-state index in [1.54, 1.807) is 0 Å². The molecule has 0 aromatic heterocycles. The lowest BCUT2D eigenvalue weighted by Crippen LogP contribution is -2.33. The Balaban J connectivity index is 1.97. The smallest absolute Gasteiger partial charge is 0.171 e. The van der Waals surface area contributed by atoms with Crippen molar-refractivity contribution >= 4 is 0 Å². The Kier molecular flexibility index (Phi) is 3.83. The second-order valence-electron chi connectivity index (χ2n) is 5.61. The number of nitrogens with zero attached hydrogens (tertiary/aromatic N) is 1. The average molecular weight is 307 g/mol. The zero-order valence-electron chi connectivity index (χ0n) is 12.4. The van der Waals surface area contributed by atoms with E-state index < -0.39 is 23.6 Å². The van der Waals surface area contributed by atoms with Gasteiger partial charge in [0.15, 0.2) is 23.2 Å². The number of ether oxygens (including phenoxy) is 1. The summed E-state index contributed by atoms with van der Waals surface area (Å²) in [5.41, 5.74) is 1.66. The number of rotatable bonds is 2. The van der Waals surface area contributed by atoms with Crippen molar-refractivity contribution in [2.75, 3.05) is 13.6 Å². The number of likely N-dealkylation sites (N-methyl/N-ethyl adjacent to an activating group) is 1. The van der Waals surface area contributed by atoms with Crippen LogP contribution in [0.4, 0.5) is 13.2 Å². The van der Waals surface area contributed by atoms with Gasteiger partial charge in [-0.1, -0.05) is 24.3 Å². The lowest BCUT2D eigenvalue weighted by atomic mass is 9.97. The van der Waals surface area contributed by atoms with Gasteiger partial charge in [0.2, 0.25) is 0 Å². The first-order valence-electron chi connectivity index (χ1n) is 7.04. The highest BCUT2D eigenvalue weighted by molar-refractivity contribution is 5.36. The van der Waals surface area contributed by atoms with E-state index in [1.807, 2.05) is 36.2 Å². The maximum absolute atomic E-state index is 14.1. The van der Waals surface area contributed by atoms with Crippen molar-refractivity contribution in [2.24, 2.45) is 0 Å². The molecule has 0 aliphatic carbocycles. The predicted octanol–water partition coefficient (Wildman–Crippen LogP) is 3.98. The van der Waals surface area contributed by atoms with E-state index in [-0.39, 0.29) is 11.3 Å². The lowest BCUT2D eigenvalue weighted by molar-refractivity contribution is 0.123. The van der Waals surface area contributed by atoms with E-state index in [1.165, 1.54) is 6.92 Å².